The zero-order chi connectivity index (χ0) is 23.6. The lowest BCUT2D eigenvalue weighted by molar-refractivity contribution is -0.137. The van der Waals surface area contributed by atoms with E-state index >= 15 is 0 Å². The van der Waals surface area contributed by atoms with Gasteiger partial charge in [-0.05, 0) is 61.7 Å². The highest BCUT2D eigenvalue weighted by Gasteiger charge is 2.31. The van der Waals surface area contributed by atoms with Crippen molar-refractivity contribution in [3.63, 3.8) is 0 Å². The summed E-state index contributed by atoms with van der Waals surface area (Å²) in [6, 6.07) is 10.6. The van der Waals surface area contributed by atoms with Crippen LogP contribution in [0.2, 0.25) is 0 Å². The van der Waals surface area contributed by atoms with Crippen molar-refractivity contribution in [1.82, 2.24) is 15.3 Å². The first-order chi connectivity index (χ1) is 15.7. The quantitative estimate of drug-likeness (QED) is 0.477. The van der Waals surface area contributed by atoms with Gasteiger partial charge in [-0.2, -0.15) is 13.2 Å². The highest BCUT2D eigenvalue weighted by atomic mass is 79.9. The van der Waals surface area contributed by atoms with Gasteiger partial charge in [0.25, 0.3) is 0 Å². The Bertz CT molecular complexity index is 1200. The van der Waals surface area contributed by atoms with Crippen LogP contribution in [0, 0.1) is 13.8 Å². The Morgan fingerprint density at radius 1 is 1.18 bits per heavy atom. The zero-order valence-electron chi connectivity index (χ0n) is 17.8. The molecule has 0 amide bonds. The van der Waals surface area contributed by atoms with Gasteiger partial charge in [0.2, 0.25) is 0 Å². The molecule has 2 aromatic carbocycles. The lowest BCUT2D eigenvalue weighted by Gasteiger charge is -2.25. The number of alkyl halides is 3. The van der Waals surface area contributed by atoms with Crippen molar-refractivity contribution in [1.29, 1.82) is 0 Å². The molecule has 0 fully saturated rings. The molecule has 1 atom stereocenters. The third kappa shape index (κ3) is 5.62. The molecule has 0 spiro atoms. The van der Waals surface area contributed by atoms with Gasteiger partial charge in [0.15, 0.2) is 17.3 Å². The molecular weight excluding hydrogens is 501 g/mol. The van der Waals surface area contributed by atoms with Crippen LogP contribution in [0.3, 0.4) is 0 Å². The second-order valence-corrected chi connectivity index (χ2v) is 8.53. The van der Waals surface area contributed by atoms with E-state index in [1.807, 2.05) is 25.1 Å². The second-order valence-electron chi connectivity index (χ2n) is 7.61. The first-order valence-electron chi connectivity index (χ1n) is 10.1. The predicted octanol–water partition coefficient (Wildman–Crippen LogP) is 5.56. The smallest absolute Gasteiger partial charge is 0.416 e. The Balaban J connectivity index is 1.58. The largest absolute Gasteiger partial charge is 0.453 e. The van der Waals surface area contributed by atoms with E-state index < -0.39 is 11.7 Å². The Morgan fingerprint density at radius 3 is 2.76 bits per heavy atom. The number of hydrogen-bond acceptors (Lipinski definition) is 6. The number of amidine groups is 1. The number of aromatic nitrogens is 2. The van der Waals surface area contributed by atoms with E-state index in [2.05, 4.69) is 36.4 Å². The molecule has 6 nitrogen and oxygen atoms in total. The summed E-state index contributed by atoms with van der Waals surface area (Å²) in [5.74, 6) is 0.957. The molecule has 4 rings (SSSR count). The third-order valence-corrected chi connectivity index (χ3v) is 5.53. The van der Waals surface area contributed by atoms with Crippen LogP contribution in [-0.2, 0) is 17.4 Å². The zero-order valence-corrected chi connectivity index (χ0v) is 19.4. The Labute approximate surface area is 197 Å². The number of hydrogen-bond donors (Lipinski definition) is 1. The summed E-state index contributed by atoms with van der Waals surface area (Å²) >= 11 is 3.47. The maximum Gasteiger partial charge on any atom is 0.416 e. The van der Waals surface area contributed by atoms with Gasteiger partial charge in [0, 0.05) is 4.47 Å². The molecule has 1 aliphatic rings. The Morgan fingerprint density at radius 2 is 2.00 bits per heavy atom. The van der Waals surface area contributed by atoms with Gasteiger partial charge in [-0.1, -0.05) is 33.2 Å². The standard InChI is InChI=1S/C23H20BrF3N4O2/c1-13-8-17(24)7-6-15(13)9-18-12-32-31-22(30-18)21-20(11-28-14(2)29-21)33-19-5-3-4-16(10-19)23(25,26)27/h3-8,10-11,18H,9,12H2,1-2H3,(H,30,31)/t18-/m1/s1. The first-order valence-corrected chi connectivity index (χ1v) is 10.9. The average molecular weight is 521 g/mol. The molecule has 0 bridgehead atoms. The number of benzene rings is 2. The maximum atomic E-state index is 13.1. The van der Waals surface area contributed by atoms with Crippen LogP contribution >= 0.6 is 15.9 Å². The van der Waals surface area contributed by atoms with Crippen LogP contribution < -0.4 is 10.1 Å². The number of aryl methyl sites for hydroxylation is 2. The van der Waals surface area contributed by atoms with Gasteiger partial charge in [0.05, 0.1) is 17.8 Å². The van der Waals surface area contributed by atoms with Crippen LogP contribution in [0.4, 0.5) is 13.2 Å². The van der Waals surface area contributed by atoms with E-state index in [0.29, 0.717) is 30.4 Å². The number of ether oxygens (including phenoxy) is 1. The summed E-state index contributed by atoms with van der Waals surface area (Å²) in [6.45, 7) is 4.09. The van der Waals surface area contributed by atoms with Gasteiger partial charge < -0.3 is 14.9 Å². The van der Waals surface area contributed by atoms with Crippen LogP contribution in [0.5, 0.6) is 11.5 Å². The molecule has 10 heteroatoms. The molecule has 3 aromatic rings. The molecule has 0 saturated carbocycles. The fourth-order valence-corrected chi connectivity index (χ4v) is 3.87. The summed E-state index contributed by atoms with van der Waals surface area (Å²) in [4.78, 5) is 14.0. The lowest BCUT2D eigenvalue weighted by Crippen LogP contribution is -2.44. The van der Waals surface area contributed by atoms with Crippen LogP contribution in [0.25, 0.3) is 0 Å². The van der Waals surface area contributed by atoms with Crippen LogP contribution in [0.15, 0.2) is 58.3 Å². The van der Waals surface area contributed by atoms with E-state index in [9.17, 15) is 13.2 Å². The van der Waals surface area contributed by atoms with Crippen molar-refractivity contribution in [3.8, 4) is 11.5 Å². The van der Waals surface area contributed by atoms with Gasteiger partial charge >= 0.3 is 6.18 Å². The molecule has 1 aromatic heterocycles. The number of halogens is 4. The number of rotatable bonds is 5. The van der Waals surface area contributed by atoms with Gasteiger partial charge in [0.1, 0.15) is 18.2 Å². The molecule has 0 radical (unpaired) electrons. The van der Waals surface area contributed by atoms with Crippen molar-refractivity contribution >= 4 is 21.8 Å². The summed E-state index contributed by atoms with van der Waals surface area (Å²) < 4.78 is 46.0. The summed E-state index contributed by atoms with van der Waals surface area (Å²) in [5, 5.41) is 7.39. The van der Waals surface area contributed by atoms with E-state index in [-0.39, 0.29) is 17.5 Å². The molecule has 0 saturated heterocycles. The predicted molar refractivity (Wildman–Crippen MR) is 120 cm³/mol. The summed E-state index contributed by atoms with van der Waals surface area (Å²) in [7, 11) is 0. The minimum atomic E-state index is -4.48. The Hall–Kier alpha value is -3.14. The molecule has 172 valence electrons. The molecule has 0 unspecified atom stereocenters. The summed E-state index contributed by atoms with van der Waals surface area (Å²) in [5.41, 5.74) is 1.79. The van der Waals surface area contributed by atoms with Gasteiger partial charge in [-0.15, -0.1) is 0 Å². The van der Waals surface area contributed by atoms with Gasteiger partial charge in [-0.3, -0.25) is 0 Å². The van der Waals surface area contributed by atoms with Crippen molar-refractivity contribution in [2.75, 3.05) is 6.61 Å². The van der Waals surface area contributed by atoms with Crippen molar-refractivity contribution in [3.05, 3.63) is 81.3 Å². The number of nitrogens with one attached hydrogen (secondary N) is 1. The topological polar surface area (TPSA) is 68.6 Å². The maximum absolute atomic E-state index is 13.1. The SMILES string of the molecule is Cc1ncc(Oc2cccc(C(F)(F)F)c2)c(C2=NOC[C@@H](Cc3ccc(Br)cc3C)N2)n1. The van der Waals surface area contributed by atoms with E-state index in [1.54, 1.807) is 6.92 Å². The lowest BCUT2D eigenvalue weighted by atomic mass is 10.0. The third-order valence-electron chi connectivity index (χ3n) is 5.03. The fraction of sp³-hybridized carbons (Fsp3) is 0.261. The normalized spacial score (nSPS) is 15.9. The average Bonchev–Trinajstić information content (AvgIpc) is 2.77. The van der Waals surface area contributed by atoms with Crippen molar-refractivity contribution in [2.45, 2.75) is 32.5 Å². The first kappa shape index (κ1) is 23.0. The monoisotopic (exact) mass is 520 g/mol. The number of nitrogens with zero attached hydrogens (tertiary/aromatic N) is 3. The Kier molecular flexibility index (Phi) is 6.55. The molecule has 1 aliphatic heterocycles. The fourth-order valence-electron chi connectivity index (χ4n) is 3.39. The van der Waals surface area contributed by atoms with E-state index in [4.69, 9.17) is 9.57 Å². The van der Waals surface area contributed by atoms with Crippen LogP contribution in [-0.4, -0.2) is 28.5 Å². The number of oxime groups is 1. The van der Waals surface area contributed by atoms with Crippen molar-refractivity contribution in [2.24, 2.45) is 5.16 Å². The molecule has 1 N–H and O–H groups in total. The molecular formula is C23H20BrF3N4O2. The highest BCUT2D eigenvalue weighted by molar-refractivity contribution is 9.10. The summed E-state index contributed by atoms with van der Waals surface area (Å²) in [6.07, 6.45) is -2.39. The molecule has 2 heterocycles. The van der Waals surface area contributed by atoms with E-state index in [1.165, 1.54) is 18.3 Å². The van der Waals surface area contributed by atoms with Gasteiger partial charge in [-0.25, -0.2) is 9.97 Å². The minimum Gasteiger partial charge on any atom is -0.453 e. The minimum absolute atomic E-state index is 0.0119. The van der Waals surface area contributed by atoms with E-state index in [0.717, 1.165) is 27.7 Å². The molecule has 0 aliphatic carbocycles. The second kappa shape index (κ2) is 9.38. The van der Waals surface area contributed by atoms with Crippen LogP contribution in [0.1, 0.15) is 28.2 Å². The molecule has 33 heavy (non-hydrogen) atoms. The highest BCUT2D eigenvalue weighted by Crippen LogP contribution is 2.33. The van der Waals surface area contributed by atoms with Crippen molar-refractivity contribution < 1.29 is 22.7 Å².